The molecular formula is C21H26FN3O2. The summed E-state index contributed by atoms with van der Waals surface area (Å²) in [5, 5.41) is 2.85. The van der Waals surface area contributed by atoms with Crippen molar-refractivity contribution in [2.24, 2.45) is 5.92 Å². The zero-order valence-corrected chi connectivity index (χ0v) is 16.0. The van der Waals surface area contributed by atoms with Gasteiger partial charge >= 0.3 is 0 Å². The number of aromatic nitrogens is 2. The van der Waals surface area contributed by atoms with Crippen LogP contribution in [-0.4, -0.2) is 29.0 Å². The predicted molar refractivity (Wildman–Crippen MR) is 104 cm³/mol. The summed E-state index contributed by atoms with van der Waals surface area (Å²) < 4.78 is 18.6. The normalized spacial score (nSPS) is 11.5. The van der Waals surface area contributed by atoms with E-state index in [1.54, 1.807) is 0 Å². The molecule has 6 heteroatoms. The number of ether oxygens (including phenoxy) is 1. The second-order valence-electron chi connectivity index (χ2n) is 6.60. The molecule has 1 aromatic carbocycles. The third-order valence-electron chi connectivity index (χ3n) is 3.77. The zero-order chi connectivity index (χ0) is 19.6. The Labute approximate surface area is 159 Å². The van der Waals surface area contributed by atoms with Gasteiger partial charge in [-0.3, -0.25) is 4.79 Å². The molecule has 2 aromatic rings. The average molecular weight is 371 g/mol. The molecule has 1 aromatic heterocycles. The Morgan fingerprint density at radius 2 is 2.00 bits per heavy atom. The Kier molecular flexibility index (Phi) is 7.92. The number of allylic oxidation sites excluding steroid dienone is 1. The minimum atomic E-state index is -0.362. The third kappa shape index (κ3) is 6.81. The van der Waals surface area contributed by atoms with Gasteiger partial charge in [0, 0.05) is 18.2 Å². The molecule has 0 saturated heterocycles. The smallest absolute Gasteiger partial charge is 0.251 e. The minimum absolute atomic E-state index is 0.227. The Hall–Kier alpha value is -2.76. The first-order valence-electron chi connectivity index (χ1n) is 9.17. The van der Waals surface area contributed by atoms with E-state index in [1.165, 1.54) is 30.6 Å². The molecule has 0 unspecified atom stereocenters. The number of nitrogens with one attached hydrogen (secondary N) is 1. The van der Waals surface area contributed by atoms with Crippen LogP contribution in [0.25, 0.3) is 5.57 Å². The number of hydrogen-bond acceptors (Lipinski definition) is 4. The Morgan fingerprint density at radius 3 is 2.67 bits per heavy atom. The zero-order valence-electron chi connectivity index (χ0n) is 16.0. The van der Waals surface area contributed by atoms with Gasteiger partial charge in [-0.1, -0.05) is 26.8 Å². The van der Waals surface area contributed by atoms with Crippen molar-refractivity contribution in [1.82, 2.24) is 15.3 Å². The summed E-state index contributed by atoms with van der Waals surface area (Å²) in [6.45, 7) is 7.25. The van der Waals surface area contributed by atoms with Crippen LogP contribution in [0, 0.1) is 11.7 Å². The van der Waals surface area contributed by atoms with E-state index in [2.05, 4.69) is 42.1 Å². The molecule has 1 N–H and O–H groups in total. The highest BCUT2D eigenvalue weighted by Crippen LogP contribution is 2.19. The van der Waals surface area contributed by atoms with E-state index in [-0.39, 0.29) is 11.7 Å². The van der Waals surface area contributed by atoms with Gasteiger partial charge in [0.25, 0.3) is 5.91 Å². The van der Waals surface area contributed by atoms with E-state index in [4.69, 9.17) is 4.74 Å². The number of halogens is 1. The topological polar surface area (TPSA) is 64.1 Å². The molecule has 0 aliphatic carbocycles. The lowest BCUT2D eigenvalue weighted by atomic mass is 10.1. The van der Waals surface area contributed by atoms with Crippen molar-refractivity contribution in [3.63, 3.8) is 0 Å². The van der Waals surface area contributed by atoms with E-state index in [0.717, 1.165) is 17.7 Å². The van der Waals surface area contributed by atoms with Crippen molar-refractivity contribution >= 4 is 11.5 Å². The number of benzene rings is 1. The van der Waals surface area contributed by atoms with Crippen LogP contribution in [0.15, 0.2) is 42.7 Å². The summed E-state index contributed by atoms with van der Waals surface area (Å²) in [4.78, 5) is 20.6. The fraction of sp³-hybridized carbons (Fsp3) is 0.381. The van der Waals surface area contributed by atoms with Crippen LogP contribution in [0.3, 0.4) is 0 Å². The maximum atomic E-state index is 13.0. The molecule has 144 valence electrons. The van der Waals surface area contributed by atoms with E-state index in [1.807, 2.05) is 6.07 Å². The number of nitrogens with zero attached hydrogens (tertiary/aromatic N) is 2. The lowest BCUT2D eigenvalue weighted by molar-refractivity contribution is 0.0954. The van der Waals surface area contributed by atoms with Crippen molar-refractivity contribution in [3.05, 3.63) is 59.8 Å². The quantitative estimate of drug-likeness (QED) is 0.715. The van der Waals surface area contributed by atoms with Crippen molar-refractivity contribution in [1.29, 1.82) is 0 Å². The molecule has 1 amide bonds. The van der Waals surface area contributed by atoms with Crippen LogP contribution in [0.5, 0.6) is 5.88 Å². The van der Waals surface area contributed by atoms with Gasteiger partial charge in [0.1, 0.15) is 12.1 Å². The first kappa shape index (κ1) is 20.6. The van der Waals surface area contributed by atoms with Crippen LogP contribution in [0.4, 0.5) is 4.39 Å². The van der Waals surface area contributed by atoms with E-state index in [9.17, 15) is 9.18 Å². The average Bonchev–Trinajstić information content (AvgIpc) is 2.66. The van der Waals surface area contributed by atoms with Gasteiger partial charge < -0.3 is 10.1 Å². The summed E-state index contributed by atoms with van der Waals surface area (Å²) in [6.07, 6.45) is 5.05. The Bertz CT molecular complexity index is 773. The Balaban J connectivity index is 1.97. The molecule has 0 spiro atoms. The number of carbonyl (C=O) groups is 1. The van der Waals surface area contributed by atoms with Crippen molar-refractivity contribution in [3.8, 4) is 5.88 Å². The number of amides is 1. The molecule has 5 nitrogen and oxygen atoms in total. The molecule has 27 heavy (non-hydrogen) atoms. The maximum absolute atomic E-state index is 13.0. The molecular weight excluding hydrogens is 345 g/mol. The van der Waals surface area contributed by atoms with Gasteiger partial charge in [-0.25, -0.2) is 14.4 Å². The highest BCUT2D eigenvalue weighted by Gasteiger charge is 2.09. The summed E-state index contributed by atoms with van der Waals surface area (Å²) in [5.41, 5.74) is 2.25. The second-order valence-corrected chi connectivity index (χ2v) is 6.60. The summed E-state index contributed by atoms with van der Waals surface area (Å²) >= 11 is 0. The van der Waals surface area contributed by atoms with Crippen molar-refractivity contribution < 1.29 is 13.9 Å². The van der Waals surface area contributed by atoms with Crippen LogP contribution in [-0.2, 0) is 0 Å². The monoisotopic (exact) mass is 371 g/mol. The maximum Gasteiger partial charge on any atom is 0.251 e. The van der Waals surface area contributed by atoms with Gasteiger partial charge in [0.15, 0.2) is 0 Å². The van der Waals surface area contributed by atoms with Gasteiger partial charge in [0.2, 0.25) is 5.88 Å². The van der Waals surface area contributed by atoms with Crippen LogP contribution in [0.2, 0.25) is 0 Å². The molecule has 1 heterocycles. The SMILES string of the molecule is CC/C=C(/CCNC(=O)c1ccc(F)cc1)c1cc(OCC(C)C)ncn1. The highest BCUT2D eigenvalue weighted by molar-refractivity contribution is 5.94. The molecule has 0 aliphatic heterocycles. The summed E-state index contributed by atoms with van der Waals surface area (Å²) in [6, 6.07) is 7.31. The largest absolute Gasteiger partial charge is 0.477 e. The Morgan fingerprint density at radius 1 is 1.26 bits per heavy atom. The number of rotatable bonds is 9. The van der Waals surface area contributed by atoms with Gasteiger partial charge in [-0.2, -0.15) is 0 Å². The van der Waals surface area contributed by atoms with E-state index >= 15 is 0 Å². The highest BCUT2D eigenvalue weighted by atomic mass is 19.1. The molecule has 0 radical (unpaired) electrons. The molecule has 2 rings (SSSR count). The molecule has 0 aliphatic rings. The predicted octanol–water partition coefficient (Wildman–Crippen LogP) is 4.26. The number of hydrogen-bond donors (Lipinski definition) is 1. The molecule has 0 fully saturated rings. The minimum Gasteiger partial charge on any atom is -0.477 e. The van der Waals surface area contributed by atoms with Gasteiger partial charge in [-0.05, 0) is 48.6 Å². The van der Waals surface area contributed by atoms with Crippen molar-refractivity contribution in [2.45, 2.75) is 33.6 Å². The van der Waals surface area contributed by atoms with E-state index < -0.39 is 0 Å². The third-order valence-corrected chi connectivity index (χ3v) is 3.77. The van der Waals surface area contributed by atoms with E-state index in [0.29, 0.717) is 36.9 Å². The first-order chi connectivity index (χ1) is 13.0. The lowest BCUT2D eigenvalue weighted by Gasteiger charge is -2.11. The summed E-state index contributed by atoms with van der Waals surface area (Å²) in [5.74, 6) is 0.371. The first-order valence-corrected chi connectivity index (χ1v) is 9.17. The van der Waals surface area contributed by atoms with Crippen LogP contribution >= 0.6 is 0 Å². The molecule has 0 bridgehead atoms. The van der Waals surface area contributed by atoms with Crippen LogP contribution < -0.4 is 10.1 Å². The molecule has 0 saturated carbocycles. The fourth-order valence-electron chi connectivity index (χ4n) is 2.44. The van der Waals surface area contributed by atoms with Gasteiger partial charge in [-0.15, -0.1) is 0 Å². The number of carbonyl (C=O) groups excluding carboxylic acids is 1. The second kappa shape index (κ2) is 10.4. The van der Waals surface area contributed by atoms with Crippen molar-refractivity contribution in [2.75, 3.05) is 13.2 Å². The van der Waals surface area contributed by atoms with Gasteiger partial charge in [0.05, 0.1) is 12.3 Å². The summed E-state index contributed by atoms with van der Waals surface area (Å²) in [7, 11) is 0. The lowest BCUT2D eigenvalue weighted by Crippen LogP contribution is -2.24. The fourth-order valence-corrected chi connectivity index (χ4v) is 2.44. The standard InChI is InChI=1S/C21H26FN3O2/c1-4-5-16(19-12-20(25-14-24-19)27-13-15(2)3)10-11-23-21(26)17-6-8-18(22)9-7-17/h5-9,12,14-15H,4,10-11,13H2,1-3H3,(H,23,26)/b16-5-. The van der Waals surface area contributed by atoms with Crippen LogP contribution in [0.1, 0.15) is 49.7 Å². The molecule has 0 atom stereocenters.